The Bertz CT molecular complexity index is 2100. The average Bonchev–Trinajstić information content (AvgIpc) is 3.41. The van der Waals surface area contributed by atoms with E-state index in [1.54, 1.807) is 21.0 Å². The number of ether oxygens (including phenoxy) is 3. The topological polar surface area (TPSA) is 158 Å². The fourth-order valence-electron chi connectivity index (χ4n) is 6.27. The van der Waals surface area contributed by atoms with Crippen molar-refractivity contribution in [1.29, 1.82) is 0 Å². The zero-order valence-corrected chi connectivity index (χ0v) is 26.7. The highest BCUT2D eigenvalue weighted by atomic mass is 16.6. The van der Waals surface area contributed by atoms with Crippen molar-refractivity contribution in [2.24, 2.45) is 0 Å². The van der Waals surface area contributed by atoms with Gasteiger partial charge in [0.1, 0.15) is 23.2 Å². The third-order valence-corrected chi connectivity index (χ3v) is 8.88. The van der Waals surface area contributed by atoms with Crippen LogP contribution in [0.2, 0.25) is 0 Å². The first-order chi connectivity index (χ1) is 23.1. The minimum Gasteiger partial charge on any atom is -0.497 e. The molecule has 1 aliphatic rings. The minimum absolute atomic E-state index is 0.0575. The van der Waals surface area contributed by atoms with E-state index in [9.17, 15) is 24.3 Å². The molecular weight excluding hydrogens is 616 g/mol. The zero-order valence-electron chi connectivity index (χ0n) is 26.7. The van der Waals surface area contributed by atoms with Gasteiger partial charge in [-0.1, -0.05) is 72.8 Å². The number of rotatable bonds is 10. The molecule has 48 heavy (non-hydrogen) atoms. The second-order valence-electron chi connectivity index (χ2n) is 12.0. The van der Waals surface area contributed by atoms with Gasteiger partial charge < -0.3 is 19.3 Å². The average molecular weight is 653 g/mol. The number of hydrogen-bond acceptors (Lipinski definition) is 8. The van der Waals surface area contributed by atoms with Crippen LogP contribution in [0.4, 0.5) is 0 Å². The highest BCUT2D eigenvalue weighted by molar-refractivity contribution is 5.48. The third kappa shape index (κ3) is 5.97. The molecular formula is C36H36N4O8. The van der Waals surface area contributed by atoms with Gasteiger partial charge in [0.05, 0.1) is 26.4 Å². The maximum atomic E-state index is 13.1. The fraction of sp³-hybridized carbons (Fsp3) is 0.278. The molecule has 3 atom stereocenters. The maximum Gasteiger partial charge on any atom is 0.330 e. The lowest BCUT2D eigenvalue weighted by Gasteiger charge is -2.40. The van der Waals surface area contributed by atoms with Crippen LogP contribution in [0.15, 0.2) is 117 Å². The van der Waals surface area contributed by atoms with E-state index in [4.69, 9.17) is 14.2 Å². The van der Waals surface area contributed by atoms with E-state index >= 15 is 0 Å². The summed E-state index contributed by atoms with van der Waals surface area (Å²) < 4.78 is 21.6. The lowest BCUT2D eigenvalue weighted by Crippen LogP contribution is -2.52. The highest BCUT2D eigenvalue weighted by Gasteiger charge is 2.52. The first-order valence-electron chi connectivity index (χ1n) is 15.4. The SMILES string of the molecule is COc1ccc(C(OC[C@@]2(Cn3cc(C)c(=O)[nH]c3=O)O[C@@H](n3cc(C)c(=O)[nH]c3=O)C[C@@H]2O)(c2ccccc2)c2ccccc2)cc1. The molecule has 1 fully saturated rings. The first-order valence-corrected chi connectivity index (χ1v) is 15.4. The molecule has 3 N–H and O–H groups in total. The van der Waals surface area contributed by atoms with Crippen LogP contribution in [0, 0.1) is 13.8 Å². The van der Waals surface area contributed by atoms with Crippen LogP contribution < -0.4 is 27.2 Å². The molecule has 6 rings (SSSR count). The number of aromatic nitrogens is 4. The largest absolute Gasteiger partial charge is 0.497 e. The summed E-state index contributed by atoms with van der Waals surface area (Å²) in [6.45, 7) is 2.61. The standard InChI is InChI=1S/C36H36N4O8/c1-23-19-39(33(44)37-31(23)42)21-35(29(41)18-30(48-35)40-20-24(2)32(43)38-34(40)45)22-47-36(25-10-6-4-7-11-25,26-12-8-5-9-13-26)27-14-16-28(46-3)17-15-27/h4-17,19-20,29-30,41H,18,21-22H2,1-3H3,(H,37,42,44)(H,38,43,45)/t29-,30+,35+/m0/s1. The number of methoxy groups -OCH3 is 1. The molecule has 2 aromatic heterocycles. The van der Waals surface area contributed by atoms with Gasteiger partial charge in [-0.25, -0.2) is 9.59 Å². The number of hydrogen-bond donors (Lipinski definition) is 3. The molecule has 5 aromatic rings. The molecule has 0 unspecified atom stereocenters. The van der Waals surface area contributed by atoms with E-state index in [0.717, 1.165) is 16.7 Å². The summed E-state index contributed by atoms with van der Waals surface area (Å²) in [6.07, 6.45) is 0.434. The van der Waals surface area contributed by atoms with Gasteiger partial charge in [-0.3, -0.25) is 28.7 Å². The van der Waals surface area contributed by atoms with Crippen LogP contribution in [0.25, 0.3) is 0 Å². The molecule has 12 nitrogen and oxygen atoms in total. The van der Waals surface area contributed by atoms with Gasteiger partial charge in [-0.15, -0.1) is 0 Å². The molecule has 1 aliphatic heterocycles. The van der Waals surface area contributed by atoms with E-state index in [-0.39, 0.29) is 30.7 Å². The first kappa shape index (κ1) is 32.6. The van der Waals surface area contributed by atoms with Crippen LogP contribution in [-0.2, 0) is 21.6 Å². The van der Waals surface area contributed by atoms with Crippen molar-refractivity contribution in [3.63, 3.8) is 0 Å². The number of nitrogens with zero attached hydrogens (tertiary/aromatic N) is 2. The quantitative estimate of drug-likeness (QED) is 0.195. The molecule has 0 aliphatic carbocycles. The van der Waals surface area contributed by atoms with Crippen molar-refractivity contribution in [2.75, 3.05) is 13.7 Å². The van der Waals surface area contributed by atoms with E-state index in [0.29, 0.717) is 5.75 Å². The van der Waals surface area contributed by atoms with Crippen molar-refractivity contribution in [3.8, 4) is 5.75 Å². The van der Waals surface area contributed by atoms with Crippen LogP contribution in [0.3, 0.4) is 0 Å². The molecule has 248 valence electrons. The number of H-pyrrole nitrogens is 2. The Balaban J connectivity index is 1.52. The predicted molar refractivity (Wildman–Crippen MR) is 177 cm³/mol. The summed E-state index contributed by atoms with van der Waals surface area (Å²) in [6, 6.07) is 26.6. The smallest absolute Gasteiger partial charge is 0.330 e. The van der Waals surface area contributed by atoms with E-state index in [2.05, 4.69) is 9.97 Å². The van der Waals surface area contributed by atoms with Gasteiger partial charge in [0.2, 0.25) is 0 Å². The summed E-state index contributed by atoms with van der Waals surface area (Å²) in [5.41, 5.74) is -2.47. The van der Waals surface area contributed by atoms with Crippen LogP contribution in [0.1, 0.15) is 40.5 Å². The van der Waals surface area contributed by atoms with Crippen molar-refractivity contribution in [2.45, 2.75) is 50.3 Å². The highest BCUT2D eigenvalue weighted by Crippen LogP contribution is 2.44. The Labute approximate surface area is 274 Å². The van der Waals surface area contributed by atoms with E-state index < -0.39 is 46.0 Å². The van der Waals surface area contributed by atoms with Gasteiger partial charge in [0, 0.05) is 29.9 Å². The summed E-state index contributed by atoms with van der Waals surface area (Å²) in [4.78, 5) is 55.0. The fourth-order valence-corrected chi connectivity index (χ4v) is 6.27. The second-order valence-corrected chi connectivity index (χ2v) is 12.0. The summed E-state index contributed by atoms with van der Waals surface area (Å²) in [5.74, 6) is 0.650. The van der Waals surface area contributed by atoms with Crippen molar-refractivity contribution in [3.05, 3.63) is 167 Å². The predicted octanol–water partition coefficient (Wildman–Crippen LogP) is 2.74. The number of benzene rings is 3. The van der Waals surface area contributed by atoms with Crippen molar-refractivity contribution in [1.82, 2.24) is 19.1 Å². The lowest BCUT2D eigenvalue weighted by molar-refractivity contribution is -0.168. The van der Waals surface area contributed by atoms with E-state index in [1.165, 1.54) is 21.5 Å². The summed E-state index contributed by atoms with van der Waals surface area (Å²) in [7, 11) is 1.59. The molecule has 0 saturated carbocycles. The maximum absolute atomic E-state index is 13.1. The molecule has 12 heteroatoms. The van der Waals surface area contributed by atoms with Crippen LogP contribution >= 0.6 is 0 Å². The zero-order chi connectivity index (χ0) is 34.1. The Hall–Kier alpha value is -5.30. The second kappa shape index (κ2) is 13.1. The Morgan fingerprint density at radius 3 is 1.94 bits per heavy atom. The molecule has 0 spiro atoms. The molecule has 0 bridgehead atoms. The molecule has 1 saturated heterocycles. The molecule has 3 aromatic carbocycles. The van der Waals surface area contributed by atoms with Crippen LogP contribution in [0.5, 0.6) is 5.75 Å². The van der Waals surface area contributed by atoms with Crippen molar-refractivity contribution >= 4 is 0 Å². The van der Waals surface area contributed by atoms with Crippen LogP contribution in [-0.4, -0.2) is 49.6 Å². The Morgan fingerprint density at radius 2 is 1.35 bits per heavy atom. The number of aliphatic hydroxyl groups is 1. The number of aromatic amines is 2. The molecule has 3 heterocycles. The number of aryl methyl sites for hydroxylation is 2. The summed E-state index contributed by atoms with van der Waals surface area (Å²) in [5, 5.41) is 11.8. The normalized spacial score (nSPS) is 19.3. The molecule has 0 amide bonds. The Kier molecular flexibility index (Phi) is 8.89. The number of aliphatic hydroxyl groups excluding tert-OH is 1. The van der Waals surface area contributed by atoms with Gasteiger partial charge in [0.15, 0.2) is 0 Å². The summed E-state index contributed by atoms with van der Waals surface area (Å²) >= 11 is 0. The van der Waals surface area contributed by atoms with Gasteiger partial charge in [-0.05, 0) is 42.7 Å². The van der Waals surface area contributed by atoms with E-state index in [1.807, 2.05) is 84.9 Å². The van der Waals surface area contributed by atoms with Gasteiger partial charge >= 0.3 is 11.4 Å². The van der Waals surface area contributed by atoms with Gasteiger partial charge in [0.25, 0.3) is 11.1 Å². The number of nitrogens with one attached hydrogen (secondary N) is 2. The Morgan fingerprint density at radius 1 is 0.812 bits per heavy atom. The molecule has 0 radical (unpaired) electrons. The lowest BCUT2D eigenvalue weighted by atomic mass is 9.79. The minimum atomic E-state index is -1.62. The van der Waals surface area contributed by atoms with Gasteiger partial charge in [-0.2, -0.15) is 0 Å². The van der Waals surface area contributed by atoms with Crippen molar-refractivity contribution < 1.29 is 19.3 Å². The monoisotopic (exact) mass is 652 g/mol. The third-order valence-electron chi connectivity index (χ3n) is 8.88.